The quantitative estimate of drug-likeness (QED) is 0.356. The highest BCUT2D eigenvalue weighted by atomic mass is 35.5. The Balaban J connectivity index is 1.45. The Hall–Kier alpha value is -3.18. The van der Waals surface area contributed by atoms with Crippen LogP contribution < -0.4 is 5.32 Å². The highest BCUT2D eigenvalue weighted by molar-refractivity contribution is 6.31. The van der Waals surface area contributed by atoms with Gasteiger partial charge >= 0.3 is 0 Å². The smallest absolute Gasteiger partial charge is 0.227 e. The van der Waals surface area contributed by atoms with Crippen molar-refractivity contribution < 1.29 is 15.0 Å². The van der Waals surface area contributed by atoms with Gasteiger partial charge in [0.1, 0.15) is 0 Å². The zero-order valence-corrected chi connectivity index (χ0v) is 16.6. The lowest BCUT2D eigenvalue weighted by molar-refractivity contribution is -0.122. The molecule has 1 atom stereocenters. The molecule has 0 radical (unpaired) electrons. The van der Waals surface area contributed by atoms with Gasteiger partial charge in [0.2, 0.25) is 5.91 Å². The zero-order valence-electron chi connectivity index (χ0n) is 15.9. The van der Waals surface area contributed by atoms with E-state index in [0.29, 0.717) is 18.0 Å². The second-order valence-electron chi connectivity index (χ2n) is 7.21. The molecule has 1 amide bonds. The maximum atomic E-state index is 12.6. The summed E-state index contributed by atoms with van der Waals surface area (Å²) in [6.07, 6.45) is 0.564. The molecule has 29 heavy (non-hydrogen) atoms. The lowest BCUT2D eigenvalue weighted by Gasteiger charge is -2.13. The molecule has 5 nitrogen and oxygen atoms in total. The Morgan fingerprint density at radius 3 is 2.62 bits per heavy atom. The largest absolute Gasteiger partial charge is 0.504 e. The minimum atomic E-state index is -0.303. The summed E-state index contributed by atoms with van der Waals surface area (Å²) in [7, 11) is 0. The molecule has 0 unspecified atom stereocenters. The molecule has 0 saturated heterocycles. The molecule has 0 aliphatic heterocycles. The second kappa shape index (κ2) is 7.68. The van der Waals surface area contributed by atoms with Crippen LogP contribution in [0.15, 0.2) is 54.6 Å². The standard InChI is InChI=1S/C23H21ClN2O3/c1-13(23(29)25-9-8-14-2-7-21(27)22(28)10-14)15-3-5-17-18-12-16(24)4-6-19(18)26-20(17)11-15/h2-7,10-13,26-28H,8-9H2,1H3,(H,25,29)/t13-/m0/s1. The number of fused-ring (bicyclic) bond motifs is 3. The molecule has 0 fully saturated rings. The van der Waals surface area contributed by atoms with Gasteiger partial charge in [-0.3, -0.25) is 4.79 Å². The number of benzene rings is 3. The van der Waals surface area contributed by atoms with Crippen LogP contribution in [0.5, 0.6) is 11.5 Å². The van der Waals surface area contributed by atoms with Crippen LogP contribution in [0.4, 0.5) is 0 Å². The third-order valence-electron chi connectivity index (χ3n) is 5.23. The number of carbonyl (C=O) groups excluding carboxylic acids is 1. The molecule has 1 heterocycles. The first kappa shape index (κ1) is 19.2. The molecule has 1 aromatic heterocycles. The number of aromatic hydroxyl groups is 2. The van der Waals surface area contributed by atoms with Gasteiger partial charge in [0.15, 0.2) is 11.5 Å². The number of rotatable bonds is 5. The number of phenols is 2. The molecule has 6 heteroatoms. The molecule has 3 aromatic carbocycles. The minimum Gasteiger partial charge on any atom is -0.504 e. The maximum absolute atomic E-state index is 12.6. The van der Waals surface area contributed by atoms with Crippen molar-refractivity contribution in [3.8, 4) is 11.5 Å². The van der Waals surface area contributed by atoms with E-state index >= 15 is 0 Å². The Bertz CT molecular complexity index is 1220. The first-order chi connectivity index (χ1) is 13.9. The summed E-state index contributed by atoms with van der Waals surface area (Å²) in [5.74, 6) is -0.676. The predicted molar refractivity (Wildman–Crippen MR) is 116 cm³/mol. The van der Waals surface area contributed by atoms with Gasteiger partial charge < -0.3 is 20.5 Å². The molecule has 0 saturated carbocycles. The first-order valence-electron chi connectivity index (χ1n) is 9.42. The van der Waals surface area contributed by atoms with E-state index in [1.54, 1.807) is 6.07 Å². The Kier molecular flexibility index (Phi) is 5.07. The van der Waals surface area contributed by atoms with Crippen LogP contribution in [0, 0.1) is 0 Å². The van der Waals surface area contributed by atoms with Crippen molar-refractivity contribution in [1.82, 2.24) is 10.3 Å². The molecule has 4 N–H and O–H groups in total. The average molecular weight is 409 g/mol. The van der Waals surface area contributed by atoms with Gasteiger partial charge in [-0.05, 0) is 60.9 Å². The monoisotopic (exact) mass is 408 g/mol. The van der Waals surface area contributed by atoms with E-state index in [9.17, 15) is 15.0 Å². The van der Waals surface area contributed by atoms with E-state index in [-0.39, 0.29) is 23.3 Å². The van der Waals surface area contributed by atoms with E-state index < -0.39 is 0 Å². The highest BCUT2D eigenvalue weighted by Gasteiger charge is 2.16. The molecule has 4 aromatic rings. The number of H-pyrrole nitrogens is 1. The number of phenolic OH excluding ortho intramolecular Hbond substituents is 2. The van der Waals surface area contributed by atoms with Gasteiger partial charge in [-0.2, -0.15) is 0 Å². The van der Waals surface area contributed by atoms with Crippen LogP contribution in [0.3, 0.4) is 0 Å². The van der Waals surface area contributed by atoms with E-state index in [4.69, 9.17) is 11.6 Å². The summed E-state index contributed by atoms with van der Waals surface area (Å²) in [6, 6.07) is 16.4. The van der Waals surface area contributed by atoms with Crippen molar-refractivity contribution in [1.29, 1.82) is 0 Å². The third kappa shape index (κ3) is 3.87. The van der Waals surface area contributed by atoms with Crippen LogP contribution in [0.1, 0.15) is 24.0 Å². The third-order valence-corrected chi connectivity index (χ3v) is 5.47. The molecular weight excluding hydrogens is 388 g/mol. The summed E-state index contributed by atoms with van der Waals surface area (Å²) >= 11 is 6.12. The van der Waals surface area contributed by atoms with E-state index in [1.165, 1.54) is 12.1 Å². The molecule has 148 valence electrons. The maximum Gasteiger partial charge on any atom is 0.227 e. The second-order valence-corrected chi connectivity index (χ2v) is 7.64. The minimum absolute atomic E-state index is 0.0634. The van der Waals surface area contributed by atoms with Gasteiger partial charge in [-0.1, -0.05) is 29.8 Å². The van der Waals surface area contributed by atoms with Crippen molar-refractivity contribution in [2.24, 2.45) is 0 Å². The number of nitrogens with one attached hydrogen (secondary N) is 2. The van der Waals surface area contributed by atoms with Gasteiger partial charge in [0.25, 0.3) is 0 Å². The summed E-state index contributed by atoms with van der Waals surface area (Å²) in [5.41, 5.74) is 3.75. The van der Waals surface area contributed by atoms with E-state index in [1.807, 2.05) is 43.3 Å². The lowest BCUT2D eigenvalue weighted by Crippen LogP contribution is -2.29. The van der Waals surface area contributed by atoms with Crippen LogP contribution in [-0.4, -0.2) is 27.6 Å². The Labute approximate surface area is 172 Å². The van der Waals surface area contributed by atoms with Crippen LogP contribution in [0.2, 0.25) is 5.02 Å². The SMILES string of the molecule is C[C@H](C(=O)NCCc1ccc(O)c(O)c1)c1ccc2c(c1)[nH]c1ccc(Cl)cc12. The van der Waals surface area contributed by atoms with Crippen LogP contribution in [0.25, 0.3) is 21.8 Å². The van der Waals surface area contributed by atoms with Crippen molar-refractivity contribution in [2.75, 3.05) is 6.54 Å². The van der Waals surface area contributed by atoms with Gasteiger partial charge in [-0.15, -0.1) is 0 Å². The summed E-state index contributed by atoms with van der Waals surface area (Å²) in [6.45, 7) is 2.32. The van der Waals surface area contributed by atoms with E-state index in [2.05, 4.69) is 10.3 Å². The summed E-state index contributed by atoms with van der Waals surface area (Å²) in [5, 5.41) is 24.7. The number of hydrogen-bond acceptors (Lipinski definition) is 3. The fourth-order valence-corrected chi connectivity index (χ4v) is 3.69. The van der Waals surface area contributed by atoms with Gasteiger partial charge in [0, 0.05) is 33.4 Å². The molecular formula is C23H21ClN2O3. The van der Waals surface area contributed by atoms with Gasteiger partial charge in [-0.25, -0.2) is 0 Å². The number of carbonyl (C=O) groups is 1. The average Bonchev–Trinajstić information content (AvgIpc) is 3.07. The number of amides is 1. The zero-order chi connectivity index (χ0) is 20.5. The van der Waals surface area contributed by atoms with Gasteiger partial charge in [0.05, 0.1) is 5.92 Å². The molecule has 0 bridgehead atoms. The Morgan fingerprint density at radius 2 is 1.83 bits per heavy atom. The summed E-state index contributed by atoms with van der Waals surface area (Å²) < 4.78 is 0. The first-order valence-corrected chi connectivity index (χ1v) is 9.79. The fourth-order valence-electron chi connectivity index (χ4n) is 3.52. The summed E-state index contributed by atoms with van der Waals surface area (Å²) in [4.78, 5) is 16.0. The van der Waals surface area contributed by atoms with Crippen LogP contribution in [-0.2, 0) is 11.2 Å². The van der Waals surface area contributed by atoms with Crippen molar-refractivity contribution in [3.05, 3.63) is 70.7 Å². The normalized spacial score (nSPS) is 12.3. The topological polar surface area (TPSA) is 85.3 Å². The van der Waals surface area contributed by atoms with Crippen molar-refractivity contribution in [3.63, 3.8) is 0 Å². The van der Waals surface area contributed by atoms with Crippen molar-refractivity contribution >= 4 is 39.3 Å². The molecule has 4 rings (SSSR count). The van der Waals surface area contributed by atoms with Crippen molar-refractivity contribution in [2.45, 2.75) is 19.3 Å². The highest BCUT2D eigenvalue weighted by Crippen LogP contribution is 2.30. The van der Waals surface area contributed by atoms with E-state index in [0.717, 1.165) is 32.9 Å². The predicted octanol–water partition coefficient (Wildman–Crippen LogP) is 4.85. The lowest BCUT2D eigenvalue weighted by atomic mass is 9.98. The number of halogens is 1. The fraction of sp³-hybridized carbons (Fsp3) is 0.174. The molecule has 0 aliphatic carbocycles. The van der Waals surface area contributed by atoms with Crippen LogP contribution >= 0.6 is 11.6 Å². The number of aromatic nitrogens is 1. The molecule has 0 aliphatic rings. The molecule has 0 spiro atoms. The Morgan fingerprint density at radius 1 is 1.00 bits per heavy atom. The number of hydrogen-bond donors (Lipinski definition) is 4. The number of aromatic amines is 1.